The average molecular weight is 344 g/mol. The lowest BCUT2D eigenvalue weighted by Crippen LogP contribution is -2.30. The number of hydrogen-bond donors (Lipinski definition) is 2. The predicted molar refractivity (Wildman–Crippen MR) is 90.8 cm³/mol. The van der Waals surface area contributed by atoms with Gasteiger partial charge in [-0.15, -0.1) is 0 Å². The third kappa shape index (κ3) is 5.49. The van der Waals surface area contributed by atoms with E-state index in [-0.39, 0.29) is 24.0 Å². The van der Waals surface area contributed by atoms with Crippen molar-refractivity contribution in [2.75, 3.05) is 20.3 Å². The van der Waals surface area contributed by atoms with Gasteiger partial charge in [0.2, 0.25) is 0 Å². The number of H-pyrrole nitrogens is 1. The lowest BCUT2D eigenvalue weighted by molar-refractivity contribution is -0.124. The summed E-state index contributed by atoms with van der Waals surface area (Å²) in [5.74, 6) is -0.457. The molecule has 132 valence electrons. The van der Waals surface area contributed by atoms with E-state index in [9.17, 15) is 14.4 Å². The Kier molecular flexibility index (Phi) is 6.33. The number of aromatic nitrogens is 1. The second-order valence-electron chi connectivity index (χ2n) is 5.38. The van der Waals surface area contributed by atoms with Gasteiger partial charge >= 0.3 is 5.97 Å². The van der Waals surface area contributed by atoms with Crippen LogP contribution in [0.5, 0.6) is 5.75 Å². The topological polar surface area (TPSA) is 97.5 Å². The zero-order valence-electron chi connectivity index (χ0n) is 14.1. The smallest absolute Gasteiger partial charge is 0.355 e. The number of carbonyl (C=O) groups is 3. The number of rotatable bonds is 8. The highest BCUT2D eigenvalue weighted by Crippen LogP contribution is 2.11. The quantitative estimate of drug-likeness (QED) is 0.561. The Hall–Kier alpha value is -3.09. The van der Waals surface area contributed by atoms with Gasteiger partial charge < -0.3 is 19.8 Å². The van der Waals surface area contributed by atoms with Crippen molar-refractivity contribution in [1.29, 1.82) is 0 Å². The predicted octanol–water partition coefficient (Wildman–Crippen LogP) is 1.74. The molecule has 0 aliphatic heterocycles. The largest absolute Gasteiger partial charge is 0.497 e. The van der Waals surface area contributed by atoms with E-state index in [1.165, 1.54) is 19.2 Å². The molecular formula is C18H20N2O5. The van der Waals surface area contributed by atoms with Gasteiger partial charge in [0.1, 0.15) is 11.4 Å². The number of carbonyl (C=O) groups excluding carboxylic acids is 3. The van der Waals surface area contributed by atoms with Crippen LogP contribution in [0.3, 0.4) is 0 Å². The number of aromatic amines is 1. The zero-order valence-corrected chi connectivity index (χ0v) is 14.1. The van der Waals surface area contributed by atoms with Crippen LogP contribution < -0.4 is 10.1 Å². The van der Waals surface area contributed by atoms with Gasteiger partial charge in [-0.2, -0.15) is 0 Å². The number of Topliss-reactive ketones (excluding diaryl/α,β-unsaturated/α-hetero) is 1. The van der Waals surface area contributed by atoms with Gasteiger partial charge in [-0.1, -0.05) is 12.1 Å². The second kappa shape index (κ2) is 8.68. The highest BCUT2D eigenvalue weighted by molar-refractivity contribution is 5.97. The molecule has 0 saturated heterocycles. The molecule has 25 heavy (non-hydrogen) atoms. The summed E-state index contributed by atoms with van der Waals surface area (Å²) >= 11 is 0. The van der Waals surface area contributed by atoms with Crippen LogP contribution in [-0.4, -0.2) is 42.9 Å². The zero-order chi connectivity index (χ0) is 18.2. The maximum Gasteiger partial charge on any atom is 0.355 e. The molecular weight excluding hydrogens is 324 g/mol. The van der Waals surface area contributed by atoms with Gasteiger partial charge in [-0.3, -0.25) is 9.59 Å². The summed E-state index contributed by atoms with van der Waals surface area (Å²) in [7, 11) is 1.60. The van der Waals surface area contributed by atoms with E-state index < -0.39 is 5.97 Å². The summed E-state index contributed by atoms with van der Waals surface area (Å²) in [6.45, 7) is 1.45. The van der Waals surface area contributed by atoms with Crippen molar-refractivity contribution in [3.05, 3.63) is 53.3 Å². The van der Waals surface area contributed by atoms with Crippen LogP contribution in [0.1, 0.15) is 33.3 Å². The van der Waals surface area contributed by atoms with E-state index >= 15 is 0 Å². The summed E-state index contributed by atoms with van der Waals surface area (Å²) in [5, 5.41) is 2.68. The third-order valence-electron chi connectivity index (χ3n) is 3.54. The van der Waals surface area contributed by atoms with Crippen molar-refractivity contribution in [3.8, 4) is 5.75 Å². The van der Waals surface area contributed by atoms with E-state index in [4.69, 9.17) is 9.47 Å². The maximum atomic E-state index is 11.8. The minimum atomic E-state index is -0.683. The number of amides is 1. The molecule has 1 aromatic carbocycles. The number of hydrogen-bond acceptors (Lipinski definition) is 5. The Morgan fingerprint density at radius 1 is 1.16 bits per heavy atom. The molecule has 2 N–H and O–H groups in total. The van der Waals surface area contributed by atoms with Gasteiger partial charge in [-0.25, -0.2) is 4.79 Å². The molecule has 0 spiro atoms. The van der Waals surface area contributed by atoms with Crippen LogP contribution in [-0.2, 0) is 16.0 Å². The fourth-order valence-electron chi connectivity index (χ4n) is 2.11. The number of nitrogens with one attached hydrogen (secondary N) is 2. The van der Waals surface area contributed by atoms with Crippen molar-refractivity contribution < 1.29 is 23.9 Å². The first-order valence-electron chi connectivity index (χ1n) is 7.75. The highest BCUT2D eigenvalue weighted by Gasteiger charge is 2.13. The SMILES string of the molecule is COc1ccc(CCNC(=O)COC(=O)c2cc(C(C)=O)c[nH]2)cc1. The van der Waals surface area contributed by atoms with Gasteiger partial charge in [-0.05, 0) is 37.1 Å². The molecule has 1 amide bonds. The minimum absolute atomic E-state index is 0.135. The van der Waals surface area contributed by atoms with E-state index in [0.717, 1.165) is 11.3 Å². The van der Waals surface area contributed by atoms with Gasteiger partial charge in [0.25, 0.3) is 5.91 Å². The lowest BCUT2D eigenvalue weighted by atomic mass is 10.1. The van der Waals surface area contributed by atoms with Gasteiger partial charge in [0.15, 0.2) is 12.4 Å². The van der Waals surface area contributed by atoms with Crippen LogP contribution in [0.25, 0.3) is 0 Å². The second-order valence-corrected chi connectivity index (χ2v) is 5.38. The first-order chi connectivity index (χ1) is 12.0. The molecule has 0 aliphatic rings. The molecule has 0 fully saturated rings. The average Bonchev–Trinajstić information content (AvgIpc) is 3.11. The van der Waals surface area contributed by atoms with Crippen molar-refractivity contribution in [2.45, 2.75) is 13.3 Å². The molecule has 0 aliphatic carbocycles. The monoisotopic (exact) mass is 344 g/mol. The molecule has 2 aromatic rings. The Labute approximate surface area is 145 Å². The summed E-state index contributed by atoms with van der Waals surface area (Å²) in [6.07, 6.45) is 2.08. The Bertz CT molecular complexity index is 749. The molecule has 1 aromatic heterocycles. The normalized spacial score (nSPS) is 10.2. The highest BCUT2D eigenvalue weighted by atomic mass is 16.5. The van der Waals surface area contributed by atoms with Crippen LogP contribution in [0.15, 0.2) is 36.5 Å². The van der Waals surface area contributed by atoms with E-state index in [1.54, 1.807) is 7.11 Å². The number of ketones is 1. The summed E-state index contributed by atoms with van der Waals surface area (Å²) in [6, 6.07) is 8.94. The fourth-order valence-corrected chi connectivity index (χ4v) is 2.11. The maximum absolute atomic E-state index is 11.8. The molecule has 0 radical (unpaired) electrons. The Morgan fingerprint density at radius 2 is 1.88 bits per heavy atom. The lowest BCUT2D eigenvalue weighted by Gasteiger charge is -2.07. The number of esters is 1. The van der Waals surface area contributed by atoms with Crippen LogP contribution in [0.4, 0.5) is 0 Å². The molecule has 2 rings (SSSR count). The Balaban J connectivity index is 1.70. The minimum Gasteiger partial charge on any atom is -0.497 e. The molecule has 0 atom stereocenters. The van der Waals surface area contributed by atoms with E-state index in [2.05, 4.69) is 10.3 Å². The van der Waals surface area contributed by atoms with Crippen molar-refractivity contribution in [1.82, 2.24) is 10.3 Å². The third-order valence-corrected chi connectivity index (χ3v) is 3.54. The number of methoxy groups -OCH3 is 1. The summed E-state index contributed by atoms with van der Waals surface area (Å²) in [5.41, 5.74) is 1.58. The van der Waals surface area contributed by atoms with Crippen molar-refractivity contribution in [3.63, 3.8) is 0 Å². The summed E-state index contributed by atoms with van der Waals surface area (Å²) in [4.78, 5) is 37.3. The molecule has 1 heterocycles. The molecule has 0 unspecified atom stereocenters. The van der Waals surface area contributed by atoms with Crippen LogP contribution >= 0.6 is 0 Å². The summed E-state index contributed by atoms with van der Waals surface area (Å²) < 4.78 is 9.98. The Morgan fingerprint density at radius 3 is 2.48 bits per heavy atom. The van der Waals surface area contributed by atoms with Gasteiger partial charge in [0, 0.05) is 18.3 Å². The first-order valence-corrected chi connectivity index (χ1v) is 7.75. The standard InChI is InChI=1S/C18H20N2O5/c1-12(21)14-9-16(20-10-14)18(23)25-11-17(22)19-8-7-13-3-5-15(24-2)6-4-13/h3-6,9-10,20H,7-8,11H2,1-2H3,(H,19,22). The molecule has 7 nitrogen and oxygen atoms in total. The van der Waals surface area contributed by atoms with Crippen molar-refractivity contribution >= 4 is 17.7 Å². The molecule has 7 heteroatoms. The fraction of sp³-hybridized carbons (Fsp3) is 0.278. The number of benzene rings is 1. The van der Waals surface area contributed by atoms with Crippen LogP contribution in [0, 0.1) is 0 Å². The van der Waals surface area contributed by atoms with Crippen LogP contribution in [0.2, 0.25) is 0 Å². The molecule has 0 saturated carbocycles. The van der Waals surface area contributed by atoms with E-state index in [1.807, 2.05) is 24.3 Å². The first kappa shape index (κ1) is 18.3. The van der Waals surface area contributed by atoms with E-state index in [0.29, 0.717) is 18.5 Å². The van der Waals surface area contributed by atoms with Gasteiger partial charge in [0.05, 0.1) is 7.11 Å². The number of ether oxygens (including phenoxy) is 2. The van der Waals surface area contributed by atoms with Crippen molar-refractivity contribution in [2.24, 2.45) is 0 Å². The molecule has 0 bridgehead atoms.